The first-order valence-corrected chi connectivity index (χ1v) is 6.76. The van der Waals surface area contributed by atoms with Gasteiger partial charge in [0, 0.05) is 17.3 Å². The standard InChI is InChI=1S/C15H12N2OS/c1-11-5-7-12(8-6-11)19-13-10-16-14-4-2-3-9-17(14)15(13)18/h2-10H,1H3. The van der Waals surface area contributed by atoms with E-state index in [1.165, 1.54) is 17.3 Å². The molecule has 0 spiro atoms. The normalized spacial score (nSPS) is 10.8. The zero-order chi connectivity index (χ0) is 13.2. The number of rotatable bonds is 2. The first-order chi connectivity index (χ1) is 9.24. The van der Waals surface area contributed by atoms with Crippen molar-refractivity contribution in [1.82, 2.24) is 9.38 Å². The minimum absolute atomic E-state index is 0.0313. The van der Waals surface area contributed by atoms with Crippen molar-refractivity contribution in [2.45, 2.75) is 16.7 Å². The number of hydrogen-bond donors (Lipinski definition) is 0. The quantitative estimate of drug-likeness (QED) is 0.716. The highest BCUT2D eigenvalue weighted by Crippen LogP contribution is 2.24. The Bertz CT molecular complexity index is 778. The Kier molecular flexibility index (Phi) is 3.09. The zero-order valence-corrected chi connectivity index (χ0v) is 11.2. The van der Waals surface area contributed by atoms with Crippen molar-refractivity contribution in [3.63, 3.8) is 0 Å². The van der Waals surface area contributed by atoms with E-state index in [0.717, 1.165) is 4.90 Å². The van der Waals surface area contributed by atoms with Crippen LogP contribution in [0.1, 0.15) is 5.56 Å². The molecule has 0 aliphatic heterocycles. The zero-order valence-electron chi connectivity index (χ0n) is 10.4. The molecule has 0 saturated carbocycles. The molecule has 2 heterocycles. The van der Waals surface area contributed by atoms with Gasteiger partial charge in [-0.05, 0) is 31.2 Å². The van der Waals surface area contributed by atoms with E-state index in [9.17, 15) is 4.79 Å². The Labute approximate surface area is 114 Å². The maximum Gasteiger partial charge on any atom is 0.271 e. The molecule has 0 aliphatic rings. The lowest BCUT2D eigenvalue weighted by Gasteiger charge is -2.04. The number of hydrogen-bond acceptors (Lipinski definition) is 3. The summed E-state index contributed by atoms with van der Waals surface area (Å²) in [5, 5.41) is 0. The molecule has 0 unspecified atom stereocenters. The van der Waals surface area contributed by atoms with Crippen molar-refractivity contribution in [2.24, 2.45) is 0 Å². The first kappa shape index (κ1) is 12.0. The van der Waals surface area contributed by atoms with Gasteiger partial charge < -0.3 is 0 Å². The van der Waals surface area contributed by atoms with E-state index in [0.29, 0.717) is 10.5 Å². The number of benzene rings is 1. The van der Waals surface area contributed by atoms with Gasteiger partial charge in [-0.15, -0.1) is 0 Å². The van der Waals surface area contributed by atoms with Crippen LogP contribution in [0.3, 0.4) is 0 Å². The Morgan fingerprint density at radius 3 is 2.68 bits per heavy atom. The summed E-state index contributed by atoms with van der Waals surface area (Å²) >= 11 is 1.44. The van der Waals surface area contributed by atoms with Gasteiger partial charge in [0.2, 0.25) is 0 Å². The molecule has 0 fully saturated rings. The van der Waals surface area contributed by atoms with Crippen molar-refractivity contribution in [3.8, 4) is 0 Å². The van der Waals surface area contributed by atoms with Crippen LogP contribution in [0, 0.1) is 6.92 Å². The van der Waals surface area contributed by atoms with Crippen molar-refractivity contribution < 1.29 is 0 Å². The van der Waals surface area contributed by atoms with Gasteiger partial charge in [-0.25, -0.2) is 4.98 Å². The topological polar surface area (TPSA) is 34.4 Å². The number of aryl methyl sites for hydroxylation is 1. The SMILES string of the molecule is Cc1ccc(Sc2cnc3ccccn3c2=O)cc1. The monoisotopic (exact) mass is 268 g/mol. The average Bonchev–Trinajstić information content (AvgIpc) is 2.45. The summed E-state index contributed by atoms with van der Waals surface area (Å²) in [5.41, 5.74) is 1.84. The van der Waals surface area contributed by atoms with E-state index in [4.69, 9.17) is 0 Å². The van der Waals surface area contributed by atoms with Crippen LogP contribution in [-0.4, -0.2) is 9.38 Å². The maximum atomic E-state index is 12.3. The highest BCUT2D eigenvalue weighted by molar-refractivity contribution is 7.99. The molecule has 0 aliphatic carbocycles. The highest BCUT2D eigenvalue weighted by atomic mass is 32.2. The Morgan fingerprint density at radius 2 is 1.89 bits per heavy atom. The smallest absolute Gasteiger partial charge is 0.268 e. The van der Waals surface area contributed by atoms with Crippen LogP contribution >= 0.6 is 11.8 Å². The second-order valence-corrected chi connectivity index (χ2v) is 5.39. The predicted octanol–water partition coefficient (Wildman–Crippen LogP) is 3.15. The molecule has 3 rings (SSSR count). The van der Waals surface area contributed by atoms with Crippen LogP contribution in [-0.2, 0) is 0 Å². The largest absolute Gasteiger partial charge is 0.271 e. The summed E-state index contributed by atoms with van der Waals surface area (Å²) < 4.78 is 1.57. The molecule has 0 bridgehead atoms. The molecule has 3 nitrogen and oxygen atoms in total. The van der Waals surface area contributed by atoms with Gasteiger partial charge in [0.25, 0.3) is 5.56 Å². The molecule has 94 valence electrons. The molecular weight excluding hydrogens is 256 g/mol. The summed E-state index contributed by atoms with van der Waals surface area (Å²) in [6.45, 7) is 2.04. The van der Waals surface area contributed by atoms with Crippen molar-refractivity contribution in [3.05, 3.63) is 70.8 Å². The Hall–Kier alpha value is -2.07. The number of aromatic nitrogens is 2. The third-order valence-corrected chi connectivity index (χ3v) is 3.84. The predicted molar refractivity (Wildman–Crippen MR) is 76.8 cm³/mol. The molecule has 0 atom stereocenters. The fourth-order valence-electron chi connectivity index (χ4n) is 1.81. The van der Waals surface area contributed by atoms with E-state index < -0.39 is 0 Å². The van der Waals surface area contributed by atoms with Gasteiger partial charge in [0.05, 0.1) is 4.90 Å². The molecule has 0 amide bonds. The summed E-state index contributed by atoms with van der Waals surface area (Å²) in [6, 6.07) is 13.6. The van der Waals surface area contributed by atoms with Gasteiger partial charge in [-0.2, -0.15) is 0 Å². The third-order valence-electron chi connectivity index (χ3n) is 2.83. The number of fused-ring (bicyclic) bond motifs is 1. The number of pyridine rings is 1. The van der Waals surface area contributed by atoms with Crippen LogP contribution < -0.4 is 5.56 Å². The van der Waals surface area contributed by atoms with Crippen LogP contribution in [0.25, 0.3) is 5.65 Å². The van der Waals surface area contributed by atoms with Gasteiger partial charge in [-0.3, -0.25) is 9.20 Å². The van der Waals surface area contributed by atoms with E-state index in [1.807, 2.05) is 49.4 Å². The Morgan fingerprint density at radius 1 is 1.11 bits per heavy atom. The highest BCUT2D eigenvalue weighted by Gasteiger charge is 2.06. The Balaban J connectivity index is 2.04. The lowest BCUT2D eigenvalue weighted by atomic mass is 10.2. The molecular formula is C15H12N2OS. The van der Waals surface area contributed by atoms with Gasteiger partial charge in [-0.1, -0.05) is 35.5 Å². The van der Waals surface area contributed by atoms with Gasteiger partial charge in [0.15, 0.2) is 0 Å². The summed E-state index contributed by atoms with van der Waals surface area (Å²) in [7, 11) is 0. The van der Waals surface area contributed by atoms with Crippen LogP contribution in [0.15, 0.2) is 69.4 Å². The summed E-state index contributed by atoms with van der Waals surface area (Å²) in [6.07, 6.45) is 3.38. The molecule has 0 N–H and O–H groups in total. The van der Waals surface area contributed by atoms with E-state index in [1.54, 1.807) is 16.8 Å². The van der Waals surface area contributed by atoms with E-state index >= 15 is 0 Å². The second kappa shape index (κ2) is 4.90. The number of nitrogens with zero attached hydrogens (tertiary/aromatic N) is 2. The molecule has 1 aromatic carbocycles. The molecule has 4 heteroatoms. The summed E-state index contributed by atoms with van der Waals surface area (Å²) in [4.78, 5) is 18.3. The fourth-order valence-corrected chi connectivity index (χ4v) is 2.63. The summed E-state index contributed by atoms with van der Waals surface area (Å²) in [5.74, 6) is 0. The molecule has 2 aromatic heterocycles. The lowest BCUT2D eigenvalue weighted by Crippen LogP contribution is -2.15. The van der Waals surface area contributed by atoms with Crippen LogP contribution in [0.5, 0.6) is 0 Å². The van der Waals surface area contributed by atoms with Crippen LogP contribution in [0.4, 0.5) is 0 Å². The van der Waals surface area contributed by atoms with Crippen molar-refractivity contribution in [2.75, 3.05) is 0 Å². The first-order valence-electron chi connectivity index (χ1n) is 5.95. The van der Waals surface area contributed by atoms with E-state index in [-0.39, 0.29) is 5.56 Å². The molecule has 19 heavy (non-hydrogen) atoms. The second-order valence-electron chi connectivity index (χ2n) is 4.27. The molecule has 0 radical (unpaired) electrons. The van der Waals surface area contributed by atoms with Gasteiger partial charge in [0.1, 0.15) is 5.65 Å². The minimum Gasteiger partial charge on any atom is -0.268 e. The van der Waals surface area contributed by atoms with E-state index in [2.05, 4.69) is 4.98 Å². The maximum absolute atomic E-state index is 12.3. The average molecular weight is 268 g/mol. The van der Waals surface area contributed by atoms with Gasteiger partial charge >= 0.3 is 0 Å². The molecule has 0 saturated heterocycles. The fraction of sp³-hybridized carbons (Fsp3) is 0.0667. The lowest BCUT2D eigenvalue weighted by molar-refractivity contribution is 0.985. The van der Waals surface area contributed by atoms with Crippen molar-refractivity contribution >= 4 is 17.4 Å². The van der Waals surface area contributed by atoms with Crippen LogP contribution in [0.2, 0.25) is 0 Å². The van der Waals surface area contributed by atoms with Crippen molar-refractivity contribution in [1.29, 1.82) is 0 Å². The minimum atomic E-state index is -0.0313. The third kappa shape index (κ3) is 2.39. The molecule has 3 aromatic rings.